The number of aromatic amines is 1. The molecular weight excluding hydrogens is 332 g/mol. The van der Waals surface area contributed by atoms with Gasteiger partial charge in [-0.3, -0.25) is 0 Å². The topological polar surface area (TPSA) is 88.9 Å². The van der Waals surface area contributed by atoms with Crippen molar-refractivity contribution in [3.63, 3.8) is 0 Å². The first kappa shape index (κ1) is 16.3. The summed E-state index contributed by atoms with van der Waals surface area (Å²) >= 11 is 0. The van der Waals surface area contributed by atoms with Crippen LogP contribution in [0.2, 0.25) is 0 Å². The molecule has 1 fully saturated rings. The van der Waals surface area contributed by atoms with Crippen LogP contribution in [0.4, 0.5) is 5.95 Å². The molecule has 134 valence electrons. The molecule has 1 N–H and O–H groups in total. The lowest BCUT2D eigenvalue weighted by Crippen LogP contribution is -2.36. The number of methoxy groups -OCH3 is 1. The highest BCUT2D eigenvalue weighted by molar-refractivity contribution is 5.36. The molecule has 0 amide bonds. The van der Waals surface area contributed by atoms with Gasteiger partial charge in [-0.2, -0.15) is 10.1 Å². The lowest BCUT2D eigenvalue weighted by atomic mass is 9.97. The van der Waals surface area contributed by atoms with E-state index in [4.69, 9.17) is 4.74 Å². The van der Waals surface area contributed by atoms with Crippen LogP contribution in [0.3, 0.4) is 0 Å². The van der Waals surface area contributed by atoms with Crippen molar-refractivity contribution in [1.29, 1.82) is 0 Å². The highest BCUT2D eigenvalue weighted by Crippen LogP contribution is 2.28. The molecule has 0 radical (unpaired) electrons. The first-order chi connectivity index (χ1) is 12.8. The molecule has 1 saturated heterocycles. The fraction of sp³-hybridized carbons (Fsp3) is 0.333. The average Bonchev–Trinajstić information content (AvgIpc) is 3.10. The van der Waals surface area contributed by atoms with Crippen LogP contribution in [-0.4, -0.2) is 44.9 Å². The number of anilines is 1. The van der Waals surface area contributed by atoms with Gasteiger partial charge in [0.05, 0.1) is 12.8 Å². The summed E-state index contributed by atoms with van der Waals surface area (Å²) in [5.74, 6) is 2.03. The molecule has 8 nitrogen and oxygen atoms in total. The number of H-pyrrole nitrogens is 1. The number of nitrogens with one attached hydrogen (secondary N) is 1. The van der Waals surface area contributed by atoms with Crippen LogP contribution in [0, 0.1) is 0 Å². The van der Waals surface area contributed by atoms with Crippen LogP contribution in [0.15, 0.2) is 47.4 Å². The van der Waals surface area contributed by atoms with Crippen LogP contribution >= 0.6 is 0 Å². The number of hydrogen-bond donors (Lipinski definition) is 1. The maximum Gasteiger partial charge on any atom is 0.347 e. The van der Waals surface area contributed by atoms with E-state index in [0.29, 0.717) is 18.4 Å². The molecule has 8 heteroatoms. The molecule has 4 rings (SSSR count). The van der Waals surface area contributed by atoms with Crippen LogP contribution in [-0.2, 0) is 0 Å². The summed E-state index contributed by atoms with van der Waals surface area (Å²) in [5, 5.41) is 6.90. The third-order valence-electron chi connectivity index (χ3n) is 4.61. The Balaban J connectivity index is 1.64. The normalized spacial score (nSPS) is 17.3. The Labute approximate surface area is 150 Å². The van der Waals surface area contributed by atoms with E-state index in [2.05, 4.69) is 25.1 Å². The zero-order valence-corrected chi connectivity index (χ0v) is 14.5. The van der Waals surface area contributed by atoms with Gasteiger partial charge in [0.15, 0.2) is 0 Å². The number of ether oxygens (including phenoxy) is 1. The van der Waals surface area contributed by atoms with E-state index in [1.165, 1.54) is 0 Å². The summed E-state index contributed by atoms with van der Waals surface area (Å²) in [5.41, 5.74) is 0.594. The Morgan fingerprint density at radius 3 is 2.88 bits per heavy atom. The molecule has 1 atom stereocenters. The molecule has 0 aliphatic carbocycles. The zero-order chi connectivity index (χ0) is 17.9. The number of piperidine rings is 1. The van der Waals surface area contributed by atoms with Gasteiger partial charge < -0.3 is 9.64 Å². The Kier molecular flexibility index (Phi) is 4.39. The van der Waals surface area contributed by atoms with Crippen molar-refractivity contribution in [3.05, 3.63) is 58.9 Å². The monoisotopic (exact) mass is 352 g/mol. The standard InChI is InChI=1S/C18H20N6O2/c1-26-15-9-10-19-17(20-15)23-11-5-6-13(12-23)16-21-22-18(25)24(16)14-7-3-2-4-8-14/h2-4,7-10,13H,5-6,11-12H2,1H3,(H,22,25). The maximum absolute atomic E-state index is 12.3. The predicted octanol–water partition coefficient (Wildman–Crippen LogP) is 1.74. The van der Waals surface area contributed by atoms with Gasteiger partial charge in [-0.1, -0.05) is 18.2 Å². The highest BCUT2D eigenvalue weighted by Gasteiger charge is 2.28. The predicted molar refractivity (Wildman–Crippen MR) is 97.0 cm³/mol. The number of benzene rings is 1. The summed E-state index contributed by atoms with van der Waals surface area (Å²) < 4.78 is 6.85. The lowest BCUT2D eigenvalue weighted by molar-refractivity contribution is 0.395. The van der Waals surface area contributed by atoms with Crippen molar-refractivity contribution in [2.24, 2.45) is 0 Å². The summed E-state index contributed by atoms with van der Waals surface area (Å²) in [7, 11) is 1.59. The molecule has 0 spiro atoms. The molecule has 1 aliphatic rings. The SMILES string of the molecule is COc1ccnc(N2CCCC(c3n[nH]c(=O)n3-c3ccccc3)C2)n1. The van der Waals surface area contributed by atoms with Crippen molar-refractivity contribution in [1.82, 2.24) is 24.7 Å². The smallest absolute Gasteiger partial charge is 0.347 e. The molecule has 1 aliphatic heterocycles. The molecular formula is C18H20N6O2. The fourth-order valence-electron chi connectivity index (χ4n) is 3.38. The molecule has 1 unspecified atom stereocenters. The van der Waals surface area contributed by atoms with Crippen molar-refractivity contribution < 1.29 is 4.74 Å². The third-order valence-corrected chi connectivity index (χ3v) is 4.61. The minimum atomic E-state index is -0.221. The second-order valence-corrected chi connectivity index (χ2v) is 6.24. The van der Waals surface area contributed by atoms with Crippen molar-refractivity contribution in [3.8, 4) is 11.6 Å². The Hall–Kier alpha value is -3.16. The molecule has 26 heavy (non-hydrogen) atoms. The maximum atomic E-state index is 12.3. The molecule has 0 saturated carbocycles. The largest absolute Gasteiger partial charge is 0.481 e. The Morgan fingerprint density at radius 2 is 2.08 bits per heavy atom. The Bertz CT molecular complexity index is 936. The van der Waals surface area contributed by atoms with Gasteiger partial charge in [-0.05, 0) is 25.0 Å². The van der Waals surface area contributed by atoms with Crippen LogP contribution in [0.5, 0.6) is 5.88 Å². The molecule has 3 heterocycles. The number of rotatable bonds is 4. The summed E-state index contributed by atoms with van der Waals surface area (Å²) in [6, 6.07) is 11.3. The van der Waals surface area contributed by atoms with Gasteiger partial charge in [0.25, 0.3) is 0 Å². The van der Waals surface area contributed by atoms with Crippen LogP contribution in [0.25, 0.3) is 5.69 Å². The summed E-state index contributed by atoms with van der Waals surface area (Å²) in [6.07, 6.45) is 3.62. The lowest BCUT2D eigenvalue weighted by Gasteiger charge is -2.32. The number of para-hydroxylation sites is 1. The van der Waals surface area contributed by atoms with E-state index in [0.717, 1.165) is 30.9 Å². The van der Waals surface area contributed by atoms with Crippen molar-refractivity contribution in [2.75, 3.05) is 25.1 Å². The second kappa shape index (κ2) is 6.99. The fourth-order valence-corrected chi connectivity index (χ4v) is 3.38. The van der Waals surface area contributed by atoms with Gasteiger partial charge >= 0.3 is 5.69 Å². The van der Waals surface area contributed by atoms with Crippen molar-refractivity contribution in [2.45, 2.75) is 18.8 Å². The first-order valence-electron chi connectivity index (χ1n) is 8.61. The molecule has 3 aromatic rings. The average molecular weight is 352 g/mol. The van der Waals surface area contributed by atoms with E-state index in [1.54, 1.807) is 23.9 Å². The number of hydrogen-bond acceptors (Lipinski definition) is 6. The van der Waals surface area contributed by atoms with E-state index in [-0.39, 0.29) is 11.6 Å². The van der Waals surface area contributed by atoms with Crippen molar-refractivity contribution >= 4 is 5.95 Å². The van der Waals surface area contributed by atoms with Crippen LogP contribution in [0.1, 0.15) is 24.6 Å². The minimum absolute atomic E-state index is 0.109. The summed E-state index contributed by atoms with van der Waals surface area (Å²) in [4.78, 5) is 23.2. The Morgan fingerprint density at radius 1 is 1.23 bits per heavy atom. The van der Waals surface area contributed by atoms with E-state index >= 15 is 0 Å². The highest BCUT2D eigenvalue weighted by atomic mass is 16.5. The van der Waals surface area contributed by atoms with Gasteiger partial charge in [0, 0.05) is 31.3 Å². The molecule has 0 bridgehead atoms. The summed E-state index contributed by atoms with van der Waals surface area (Å²) in [6.45, 7) is 1.56. The van der Waals surface area contributed by atoms with Gasteiger partial charge in [0.2, 0.25) is 11.8 Å². The van der Waals surface area contributed by atoms with Gasteiger partial charge in [-0.15, -0.1) is 0 Å². The van der Waals surface area contributed by atoms with E-state index in [1.807, 2.05) is 30.3 Å². The minimum Gasteiger partial charge on any atom is -0.481 e. The third kappa shape index (κ3) is 3.05. The molecule has 1 aromatic carbocycles. The zero-order valence-electron chi connectivity index (χ0n) is 14.5. The second-order valence-electron chi connectivity index (χ2n) is 6.24. The molecule has 2 aromatic heterocycles. The number of aromatic nitrogens is 5. The van der Waals surface area contributed by atoms with Gasteiger partial charge in [0.1, 0.15) is 5.82 Å². The van der Waals surface area contributed by atoms with E-state index < -0.39 is 0 Å². The number of nitrogens with zero attached hydrogens (tertiary/aromatic N) is 5. The van der Waals surface area contributed by atoms with Crippen LogP contribution < -0.4 is 15.3 Å². The first-order valence-corrected chi connectivity index (χ1v) is 8.61. The van der Waals surface area contributed by atoms with Gasteiger partial charge in [-0.25, -0.2) is 19.4 Å². The quantitative estimate of drug-likeness (QED) is 0.769. The van der Waals surface area contributed by atoms with E-state index in [9.17, 15) is 4.79 Å².